The van der Waals surface area contributed by atoms with Gasteiger partial charge in [-0.15, -0.1) is 0 Å². The monoisotopic (exact) mass is 285 g/mol. The Morgan fingerprint density at radius 3 is 2.33 bits per heavy atom. The van der Waals surface area contributed by atoms with Gasteiger partial charge in [-0.3, -0.25) is 0 Å². The summed E-state index contributed by atoms with van der Waals surface area (Å²) in [6.45, 7) is 10.0. The molecular formula is C19H27NO. The second-order valence-electron chi connectivity index (χ2n) is 6.85. The Labute approximate surface area is 128 Å². The number of methoxy groups -OCH3 is 1. The third-order valence-electron chi connectivity index (χ3n) is 3.74. The lowest BCUT2D eigenvalue weighted by molar-refractivity contribution is 0.314. The van der Waals surface area contributed by atoms with Crippen molar-refractivity contribution in [2.75, 3.05) is 13.7 Å². The predicted octanol–water partition coefficient (Wildman–Crippen LogP) is 4.94. The molecule has 2 aromatic carbocycles. The van der Waals surface area contributed by atoms with E-state index in [0.717, 1.165) is 18.7 Å². The summed E-state index contributed by atoms with van der Waals surface area (Å²) in [4.78, 5) is 0. The zero-order chi connectivity index (χ0) is 15.5. The van der Waals surface area contributed by atoms with E-state index >= 15 is 0 Å². The molecule has 2 nitrogen and oxygen atoms in total. The van der Waals surface area contributed by atoms with Crippen LogP contribution in [-0.2, 0) is 0 Å². The fraction of sp³-hybridized carbons (Fsp3) is 0.474. The molecule has 0 saturated heterocycles. The van der Waals surface area contributed by atoms with Crippen molar-refractivity contribution >= 4 is 10.8 Å². The Morgan fingerprint density at radius 2 is 1.71 bits per heavy atom. The highest BCUT2D eigenvalue weighted by molar-refractivity contribution is 5.84. The fourth-order valence-electron chi connectivity index (χ4n) is 2.75. The molecule has 0 aliphatic heterocycles. The first-order chi connectivity index (χ1) is 9.93. The summed E-state index contributed by atoms with van der Waals surface area (Å²) in [5, 5.41) is 6.11. The molecule has 2 aromatic rings. The van der Waals surface area contributed by atoms with Gasteiger partial charge in [-0.05, 0) is 52.9 Å². The molecule has 0 spiro atoms. The van der Waals surface area contributed by atoms with Crippen LogP contribution in [0.4, 0.5) is 0 Å². The highest BCUT2D eigenvalue weighted by atomic mass is 16.5. The van der Waals surface area contributed by atoms with Crippen molar-refractivity contribution in [3.8, 4) is 5.75 Å². The Kier molecular flexibility index (Phi) is 4.89. The average molecular weight is 285 g/mol. The van der Waals surface area contributed by atoms with Gasteiger partial charge in [0.1, 0.15) is 5.75 Å². The topological polar surface area (TPSA) is 21.3 Å². The normalized spacial score (nSPS) is 13.4. The van der Waals surface area contributed by atoms with Crippen molar-refractivity contribution in [3.05, 3.63) is 42.0 Å². The standard InChI is InChI=1S/C19H27NO/c1-6-20-18(13-19(2,3)4)16-8-7-15-12-17(21-5)10-9-14(15)11-16/h7-12,18,20H,6,13H2,1-5H3. The molecule has 0 aliphatic carbocycles. The zero-order valence-electron chi connectivity index (χ0n) is 13.9. The Morgan fingerprint density at radius 1 is 1.05 bits per heavy atom. The summed E-state index contributed by atoms with van der Waals surface area (Å²) in [6.07, 6.45) is 1.13. The highest BCUT2D eigenvalue weighted by Gasteiger charge is 2.19. The van der Waals surface area contributed by atoms with Gasteiger partial charge in [0.2, 0.25) is 0 Å². The summed E-state index contributed by atoms with van der Waals surface area (Å²) < 4.78 is 5.29. The van der Waals surface area contributed by atoms with Gasteiger partial charge in [-0.2, -0.15) is 0 Å². The maximum Gasteiger partial charge on any atom is 0.119 e. The van der Waals surface area contributed by atoms with E-state index in [-0.39, 0.29) is 0 Å². The van der Waals surface area contributed by atoms with Crippen LogP contribution in [0.3, 0.4) is 0 Å². The number of fused-ring (bicyclic) bond motifs is 1. The van der Waals surface area contributed by atoms with Crippen molar-refractivity contribution in [3.63, 3.8) is 0 Å². The molecule has 0 saturated carbocycles. The van der Waals surface area contributed by atoms with Gasteiger partial charge in [0, 0.05) is 6.04 Å². The van der Waals surface area contributed by atoms with Crippen LogP contribution >= 0.6 is 0 Å². The van der Waals surface area contributed by atoms with Crippen LogP contribution in [0.1, 0.15) is 45.7 Å². The largest absolute Gasteiger partial charge is 0.497 e. The first-order valence-corrected chi connectivity index (χ1v) is 7.74. The van der Waals surface area contributed by atoms with E-state index in [2.05, 4.69) is 63.3 Å². The van der Waals surface area contributed by atoms with Crippen LogP contribution in [0.5, 0.6) is 5.75 Å². The summed E-state index contributed by atoms with van der Waals surface area (Å²) in [6, 6.07) is 13.4. The second-order valence-corrected chi connectivity index (χ2v) is 6.85. The third kappa shape index (κ3) is 4.21. The molecule has 2 heteroatoms. The molecule has 114 valence electrons. The number of nitrogens with one attached hydrogen (secondary N) is 1. The van der Waals surface area contributed by atoms with E-state index < -0.39 is 0 Å². The molecule has 0 heterocycles. The minimum Gasteiger partial charge on any atom is -0.497 e. The van der Waals surface area contributed by atoms with E-state index in [1.54, 1.807) is 7.11 Å². The van der Waals surface area contributed by atoms with Crippen molar-refractivity contribution < 1.29 is 4.74 Å². The molecule has 1 atom stereocenters. The van der Waals surface area contributed by atoms with E-state index in [1.165, 1.54) is 16.3 Å². The van der Waals surface area contributed by atoms with Crippen molar-refractivity contribution in [1.82, 2.24) is 5.32 Å². The minimum absolute atomic E-state index is 0.307. The molecular weight excluding hydrogens is 258 g/mol. The SMILES string of the molecule is CCNC(CC(C)(C)C)c1ccc2cc(OC)ccc2c1. The second kappa shape index (κ2) is 6.48. The number of ether oxygens (including phenoxy) is 1. The molecule has 1 N–H and O–H groups in total. The average Bonchev–Trinajstić information content (AvgIpc) is 2.44. The predicted molar refractivity (Wildman–Crippen MR) is 91.0 cm³/mol. The maximum atomic E-state index is 5.29. The van der Waals surface area contributed by atoms with Gasteiger partial charge in [-0.25, -0.2) is 0 Å². The van der Waals surface area contributed by atoms with E-state index in [0.29, 0.717) is 11.5 Å². The molecule has 2 rings (SSSR count). The van der Waals surface area contributed by atoms with Crippen LogP contribution < -0.4 is 10.1 Å². The smallest absolute Gasteiger partial charge is 0.119 e. The van der Waals surface area contributed by atoms with Crippen LogP contribution in [-0.4, -0.2) is 13.7 Å². The summed E-state index contributed by atoms with van der Waals surface area (Å²) in [5.41, 5.74) is 1.67. The number of benzene rings is 2. The lowest BCUT2D eigenvalue weighted by Gasteiger charge is -2.27. The summed E-state index contributed by atoms with van der Waals surface area (Å²) in [7, 11) is 1.71. The van der Waals surface area contributed by atoms with Gasteiger partial charge in [-0.1, -0.05) is 45.9 Å². The summed E-state index contributed by atoms with van der Waals surface area (Å²) >= 11 is 0. The van der Waals surface area contributed by atoms with Gasteiger partial charge >= 0.3 is 0 Å². The number of hydrogen-bond acceptors (Lipinski definition) is 2. The lowest BCUT2D eigenvalue weighted by Crippen LogP contribution is -2.25. The van der Waals surface area contributed by atoms with Crippen molar-refractivity contribution in [1.29, 1.82) is 0 Å². The molecule has 1 unspecified atom stereocenters. The Bertz CT molecular complexity index is 598. The summed E-state index contributed by atoms with van der Waals surface area (Å²) in [5.74, 6) is 0.910. The van der Waals surface area contributed by atoms with Gasteiger partial charge < -0.3 is 10.1 Å². The Hall–Kier alpha value is -1.54. The first kappa shape index (κ1) is 15.8. The third-order valence-corrected chi connectivity index (χ3v) is 3.74. The van der Waals surface area contributed by atoms with Gasteiger partial charge in [0.05, 0.1) is 7.11 Å². The minimum atomic E-state index is 0.307. The van der Waals surface area contributed by atoms with Crippen molar-refractivity contribution in [2.45, 2.75) is 40.2 Å². The molecule has 0 amide bonds. The quantitative estimate of drug-likeness (QED) is 0.840. The van der Waals surface area contributed by atoms with E-state index in [9.17, 15) is 0 Å². The first-order valence-electron chi connectivity index (χ1n) is 7.74. The molecule has 0 radical (unpaired) electrons. The van der Waals surface area contributed by atoms with Gasteiger partial charge in [0.25, 0.3) is 0 Å². The molecule has 0 aliphatic rings. The van der Waals surface area contributed by atoms with Crippen LogP contribution in [0.15, 0.2) is 36.4 Å². The van der Waals surface area contributed by atoms with Crippen LogP contribution in [0, 0.1) is 5.41 Å². The van der Waals surface area contributed by atoms with Crippen LogP contribution in [0.25, 0.3) is 10.8 Å². The molecule has 0 bridgehead atoms. The van der Waals surface area contributed by atoms with Gasteiger partial charge in [0.15, 0.2) is 0 Å². The zero-order valence-corrected chi connectivity index (χ0v) is 13.9. The van der Waals surface area contributed by atoms with E-state index in [1.807, 2.05) is 6.07 Å². The van der Waals surface area contributed by atoms with Crippen LogP contribution in [0.2, 0.25) is 0 Å². The van der Waals surface area contributed by atoms with E-state index in [4.69, 9.17) is 4.74 Å². The maximum absolute atomic E-state index is 5.29. The fourth-order valence-corrected chi connectivity index (χ4v) is 2.75. The molecule has 0 fully saturated rings. The number of rotatable bonds is 5. The molecule has 0 aromatic heterocycles. The van der Waals surface area contributed by atoms with Crippen molar-refractivity contribution in [2.24, 2.45) is 5.41 Å². The highest BCUT2D eigenvalue weighted by Crippen LogP contribution is 2.31. The number of hydrogen-bond donors (Lipinski definition) is 1. The lowest BCUT2D eigenvalue weighted by atomic mass is 9.85. The molecule has 21 heavy (non-hydrogen) atoms. The Balaban J connectivity index is 2.34.